The molecular weight excluding hydrogens is 174 g/mol. The van der Waals surface area contributed by atoms with Crippen LogP contribution in [0.2, 0.25) is 0 Å². The van der Waals surface area contributed by atoms with Crippen LogP contribution in [0.3, 0.4) is 0 Å². The van der Waals surface area contributed by atoms with E-state index in [1.54, 1.807) is 14.0 Å². The van der Waals surface area contributed by atoms with Crippen LogP contribution in [-0.4, -0.2) is 12.8 Å². The SMILES string of the molecule is CO[C@H](C(C)=N)c1c(C)cccc1C. The van der Waals surface area contributed by atoms with Gasteiger partial charge in [0.25, 0.3) is 0 Å². The molecule has 1 rings (SSSR count). The van der Waals surface area contributed by atoms with Gasteiger partial charge in [-0.3, -0.25) is 0 Å². The van der Waals surface area contributed by atoms with Gasteiger partial charge in [0.2, 0.25) is 0 Å². The molecule has 0 radical (unpaired) electrons. The fourth-order valence-electron chi connectivity index (χ4n) is 1.75. The van der Waals surface area contributed by atoms with E-state index in [-0.39, 0.29) is 6.10 Å². The Morgan fingerprint density at radius 3 is 2.14 bits per heavy atom. The van der Waals surface area contributed by atoms with E-state index < -0.39 is 0 Å². The predicted octanol–water partition coefficient (Wildman–Crippen LogP) is 3.03. The molecule has 0 spiro atoms. The van der Waals surface area contributed by atoms with Gasteiger partial charge < -0.3 is 10.1 Å². The van der Waals surface area contributed by atoms with Gasteiger partial charge in [0, 0.05) is 12.8 Å². The highest BCUT2D eigenvalue weighted by Crippen LogP contribution is 2.24. The highest BCUT2D eigenvalue weighted by Gasteiger charge is 2.16. The first-order valence-electron chi connectivity index (χ1n) is 4.72. The van der Waals surface area contributed by atoms with Crippen LogP contribution in [-0.2, 0) is 4.74 Å². The van der Waals surface area contributed by atoms with Gasteiger partial charge in [-0.1, -0.05) is 18.2 Å². The van der Waals surface area contributed by atoms with E-state index in [4.69, 9.17) is 10.1 Å². The second kappa shape index (κ2) is 4.38. The van der Waals surface area contributed by atoms with Crippen molar-refractivity contribution in [3.8, 4) is 0 Å². The quantitative estimate of drug-likeness (QED) is 0.732. The zero-order valence-corrected chi connectivity index (χ0v) is 9.22. The number of nitrogens with one attached hydrogen (secondary N) is 1. The van der Waals surface area contributed by atoms with Crippen molar-refractivity contribution in [3.05, 3.63) is 34.9 Å². The molecule has 0 bridgehead atoms. The van der Waals surface area contributed by atoms with Gasteiger partial charge in [0.15, 0.2) is 0 Å². The molecule has 2 nitrogen and oxygen atoms in total. The standard InChI is InChI=1S/C12H17NO/c1-8-6-5-7-9(2)11(8)12(14-4)10(3)13/h5-7,12-13H,1-4H3/t12-/m1/s1. The third-order valence-electron chi connectivity index (χ3n) is 2.43. The second-order valence-corrected chi connectivity index (χ2v) is 3.60. The minimum atomic E-state index is -0.198. The monoisotopic (exact) mass is 191 g/mol. The first-order chi connectivity index (χ1) is 6.57. The summed E-state index contributed by atoms with van der Waals surface area (Å²) in [5, 5.41) is 7.66. The average Bonchev–Trinajstić information content (AvgIpc) is 2.10. The van der Waals surface area contributed by atoms with Crippen LogP contribution in [0.5, 0.6) is 0 Å². The zero-order valence-electron chi connectivity index (χ0n) is 9.22. The second-order valence-electron chi connectivity index (χ2n) is 3.60. The van der Waals surface area contributed by atoms with Gasteiger partial charge in [0.1, 0.15) is 6.10 Å². The van der Waals surface area contributed by atoms with Gasteiger partial charge >= 0.3 is 0 Å². The van der Waals surface area contributed by atoms with Crippen molar-refractivity contribution >= 4 is 5.71 Å². The molecule has 0 amide bonds. The molecule has 2 heteroatoms. The Morgan fingerprint density at radius 2 is 1.79 bits per heavy atom. The van der Waals surface area contributed by atoms with Crippen LogP contribution < -0.4 is 0 Å². The van der Waals surface area contributed by atoms with Crippen molar-refractivity contribution in [2.75, 3.05) is 7.11 Å². The molecule has 0 aliphatic heterocycles. The van der Waals surface area contributed by atoms with Gasteiger partial charge in [0.05, 0.1) is 0 Å². The maximum Gasteiger partial charge on any atom is 0.120 e. The Balaban J connectivity index is 3.22. The molecule has 1 N–H and O–H groups in total. The van der Waals surface area contributed by atoms with Crippen LogP contribution in [0.25, 0.3) is 0 Å². The van der Waals surface area contributed by atoms with Crippen LogP contribution in [0.15, 0.2) is 18.2 Å². The summed E-state index contributed by atoms with van der Waals surface area (Å²) in [5.41, 5.74) is 4.04. The molecule has 0 aliphatic carbocycles. The van der Waals surface area contributed by atoms with Crippen molar-refractivity contribution in [1.82, 2.24) is 0 Å². The van der Waals surface area contributed by atoms with Gasteiger partial charge in [-0.05, 0) is 37.5 Å². The number of ether oxygens (including phenoxy) is 1. The first kappa shape index (κ1) is 10.9. The number of hydrogen-bond donors (Lipinski definition) is 1. The molecule has 1 aromatic carbocycles. The van der Waals surface area contributed by atoms with Crippen LogP contribution in [0.1, 0.15) is 29.7 Å². The van der Waals surface area contributed by atoms with E-state index in [2.05, 4.69) is 26.0 Å². The first-order valence-corrected chi connectivity index (χ1v) is 4.72. The number of rotatable bonds is 3. The lowest BCUT2D eigenvalue weighted by Gasteiger charge is -2.19. The Bertz CT molecular complexity index is 324. The lowest BCUT2D eigenvalue weighted by molar-refractivity contribution is 0.155. The molecule has 0 fully saturated rings. The lowest BCUT2D eigenvalue weighted by Crippen LogP contribution is -2.13. The van der Waals surface area contributed by atoms with Crippen LogP contribution in [0, 0.1) is 19.3 Å². The molecule has 0 aliphatic rings. The summed E-state index contributed by atoms with van der Waals surface area (Å²) < 4.78 is 5.33. The summed E-state index contributed by atoms with van der Waals surface area (Å²) in [7, 11) is 1.65. The van der Waals surface area contributed by atoms with Gasteiger partial charge in [-0.25, -0.2) is 0 Å². The number of hydrogen-bond acceptors (Lipinski definition) is 2. The lowest BCUT2D eigenvalue weighted by atomic mass is 9.96. The molecule has 0 saturated carbocycles. The largest absolute Gasteiger partial charge is 0.371 e. The minimum absolute atomic E-state index is 0.198. The molecule has 0 heterocycles. The van der Waals surface area contributed by atoms with Crippen molar-refractivity contribution in [3.63, 3.8) is 0 Å². The van der Waals surface area contributed by atoms with Gasteiger partial charge in [-0.15, -0.1) is 0 Å². The highest BCUT2D eigenvalue weighted by molar-refractivity contribution is 5.85. The van der Waals surface area contributed by atoms with E-state index >= 15 is 0 Å². The molecular formula is C12H17NO. The normalized spacial score (nSPS) is 12.6. The van der Waals surface area contributed by atoms with E-state index in [0.29, 0.717) is 5.71 Å². The summed E-state index contributed by atoms with van der Waals surface area (Å²) in [5.74, 6) is 0. The summed E-state index contributed by atoms with van der Waals surface area (Å²) >= 11 is 0. The van der Waals surface area contributed by atoms with Crippen LogP contribution >= 0.6 is 0 Å². The van der Waals surface area contributed by atoms with E-state index in [0.717, 1.165) is 5.56 Å². The number of aryl methyl sites for hydroxylation is 2. The Hall–Kier alpha value is -1.15. The van der Waals surface area contributed by atoms with E-state index in [9.17, 15) is 0 Å². The van der Waals surface area contributed by atoms with Crippen LogP contribution in [0.4, 0.5) is 0 Å². The Labute approximate surface area is 85.4 Å². The maximum atomic E-state index is 7.66. The molecule has 1 aromatic rings. The fourth-order valence-corrected chi connectivity index (χ4v) is 1.75. The molecule has 0 unspecified atom stereocenters. The third kappa shape index (κ3) is 2.02. The molecule has 0 saturated heterocycles. The predicted molar refractivity (Wildman–Crippen MR) is 59.1 cm³/mol. The molecule has 14 heavy (non-hydrogen) atoms. The minimum Gasteiger partial charge on any atom is -0.371 e. The third-order valence-corrected chi connectivity index (χ3v) is 2.43. The van der Waals surface area contributed by atoms with E-state index in [1.807, 2.05) is 6.07 Å². The highest BCUT2D eigenvalue weighted by atomic mass is 16.5. The van der Waals surface area contributed by atoms with Crippen molar-refractivity contribution in [1.29, 1.82) is 5.41 Å². The Morgan fingerprint density at radius 1 is 1.29 bits per heavy atom. The molecule has 0 aromatic heterocycles. The van der Waals surface area contributed by atoms with Crippen molar-refractivity contribution < 1.29 is 4.74 Å². The molecule has 1 atom stereocenters. The number of benzene rings is 1. The smallest absolute Gasteiger partial charge is 0.120 e. The summed E-state index contributed by atoms with van der Waals surface area (Å²) in [6.07, 6.45) is -0.198. The summed E-state index contributed by atoms with van der Waals surface area (Å²) in [6, 6.07) is 6.13. The summed E-state index contributed by atoms with van der Waals surface area (Å²) in [4.78, 5) is 0. The van der Waals surface area contributed by atoms with Crippen molar-refractivity contribution in [2.45, 2.75) is 26.9 Å². The molecule has 76 valence electrons. The number of methoxy groups -OCH3 is 1. The topological polar surface area (TPSA) is 33.1 Å². The average molecular weight is 191 g/mol. The van der Waals surface area contributed by atoms with Crippen molar-refractivity contribution in [2.24, 2.45) is 0 Å². The van der Waals surface area contributed by atoms with E-state index in [1.165, 1.54) is 11.1 Å². The summed E-state index contributed by atoms with van der Waals surface area (Å²) in [6.45, 7) is 5.88. The van der Waals surface area contributed by atoms with Gasteiger partial charge in [-0.2, -0.15) is 0 Å². The maximum absolute atomic E-state index is 7.66. The zero-order chi connectivity index (χ0) is 10.7. The fraction of sp³-hybridized carbons (Fsp3) is 0.417. The Kier molecular flexibility index (Phi) is 3.42.